The van der Waals surface area contributed by atoms with Crippen LogP contribution in [0.5, 0.6) is 5.75 Å². The number of benzene rings is 1. The summed E-state index contributed by atoms with van der Waals surface area (Å²) in [5.74, 6) is 0.573. The summed E-state index contributed by atoms with van der Waals surface area (Å²) in [6, 6.07) is 7.50. The van der Waals surface area contributed by atoms with Crippen molar-refractivity contribution in [1.82, 2.24) is 4.98 Å². The molecule has 0 atom stereocenters. The van der Waals surface area contributed by atoms with Crippen molar-refractivity contribution in [2.45, 2.75) is 0 Å². The van der Waals surface area contributed by atoms with Gasteiger partial charge in [-0.05, 0) is 23.6 Å². The van der Waals surface area contributed by atoms with Crippen molar-refractivity contribution in [2.24, 2.45) is 0 Å². The Kier molecular flexibility index (Phi) is 3.18. The zero-order chi connectivity index (χ0) is 13.2. The lowest BCUT2D eigenvalue weighted by Gasteiger charge is -1.98. The summed E-state index contributed by atoms with van der Waals surface area (Å²) in [6.07, 6.45) is 0. The third kappa shape index (κ3) is 2.32. The van der Waals surface area contributed by atoms with E-state index in [9.17, 15) is 4.79 Å². The number of carbonyl (C=O) groups excluding carboxylic acids is 1. The lowest BCUT2D eigenvalue weighted by atomic mass is 10.3. The van der Waals surface area contributed by atoms with Crippen molar-refractivity contribution >= 4 is 43.9 Å². The largest absolute Gasteiger partial charge is 0.494 e. The molecule has 3 aromatic rings. The number of nitrogens with zero attached hydrogens (tertiary/aromatic N) is 1. The summed E-state index contributed by atoms with van der Waals surface area (Å²) in [7, 11) is 1.61. The number of thiophene rings is 1. The summed E-state index contributed by atoms with van der Waals surface area (Å²) < 4.78 is 6.24. The van der Waals surface area contributed by atoms with E-state index in [1.54, 1.807) is 13.2 Å². The smallest absolute Gasteiger partial charge is 0.258 e. The Hall–Kier alpha value is -1.92. The van der Waals surface area contributed by atoms with E-state index in [1.807, 2.05) is 29.0 Å². The first-order chi connectivity index (χ1) is 9.28. The molecule has 0 bridgehead atoms. The van der Waals surface area contributed by atoms with Crippen LogP contribution in [0.4, 0.5) is 5.13 Å². The van der Waals surface area contributed by atoms with Crippen LogP contribution in [0.1, 0.15) is 10.4 Å². The number of anilines is 1. The van der Waals surface area contributed by atoms with Gasteiger partial charge in [0.15, 0.2) is 5.13 Å². The molecule has 3 rings (SSSR count). The zero-order valence-electron chi connectivity index (χ0n) is 10.0. The van der Waals surface area contributed by atoms with E-state index < -0.39 is 0 Å². The molecule has 0 aliphatic heterocycles. The highest BCUT2D eigenvalue weighted by Gasteiger charge is 2.12. The number of thiazole rings is 1. The number of methoxy groups -OCH3 is 1. The minimum Gasteiger partial charge on any atom is -0.494 e. The van der Waals surface area contributed by atoms with Crippen molar-refractivity contribution < 1.29 is 9.53 Å². The van der Waals surface area contributed by atoms with Crippen LogP contribution in [0.15, 0.2) is 35.0 Å². The molecular formula is C13H10N2O2S2. The van der Waals surface area contributed by atoms with E-state index in [4.69, 9.17) is 4.74 Å². The van der Waals surface area contributed by atoms with Crippen LogP contribution in [0, 0.1) is 0 Å². The lowest BCUT2D eigenvalue weighted by Crippen LogP contribution is -2.10. The number of hydrogen-bond acceptors (Lipinski definition) is 5. The highest BCUT2D eigenvalue weighted by atomic mass is 32.1. The highest BCUT2D eigenvalue weighted by molar-refractivity contribution is 7.22. The minimum atomic E-state index is -0.140. The fourth-order valence-electron chi connectivity index (χ4n) is 1.70. The van der Waals surface area contributed by atoms with Gasteiger partial charge in [0.2, 0.25) is 0 Å². The molecule has 1 aromatic carbocycles. The summed E-state index contributed by atoms with van der Waals surface area (Å²) in [4.78, 5) is 16.3. The van der Waals surface area contributed by atoms with Crippen LogP contribution >= 0.6 is 22.7 Å². The molecule has 0 saturated heterocycles. The van der Waals surface area contributed by atoms with Crippen molar-refractivity contribution in [1.29, 1.82) is 0 Å². The first-order valence-corrected chi connectivity index (χ1v) is 7.31. The van der Waals surface area contributed by atoms with E-state index in [2.05, 4.69) is 10.3 Å². The standard InChI is InChI=1S/C13H10N2O2S2/c1-17-9-3-2-4-10-11(9)14-13(19-10)15-12(16)8-5-6-18-7-8/h2-7H,1H3,(H,14,15,16). The van der Waals surface area contributed by atoms with Crippen molar-refractivity contribution in [2.75, 3.05) is 12.4 Å². The van der Waals surface area contributed by atoms with Gasteiger partial charge in [-0.2, -0.15) is 11.3 Å². The lowest BCUT2D eigenvalue weighted by molar-refractivity contribution is 0.102. The van der Waals surface area contributed by atoms with Gasteiger partial charge >= 0.3 is 0 Å². The average molecular weight is 290 g/mol. The topological polar surface area (TPSA) is 51.2 Å². The second-order valence-corrected chi connectivity index (χ2v) is 5.60. The predicted molar refractivity (Wildman–Crippen MR) is 78.4 cm³/mol. The number of amides is 1. The summed E-state index contributed by atoms with van der Waals surface area (Å²) in [5.41, 5.74) is 1.42. The summed E-state index contributed by atoms with van der Waals surface area (Å²) in [6.45, 7) is 0. The Morgan fingerprint density at radius 3 is 3.00 bits per heavy atom. The number of carbonyl (C=O) groups is 1. The summed E-state index contributed by atoms with van der Waals surface area (Å²) in [5, 5.41) is 7.06. The molecule has 1 N–H and O–H groups in total. The molecule has 0 unspecified atom stereocenters. The number of para-hydroxylation sites is 1. The Morgan fingerprint density at radius 2 is 2.26 bits per heavy atom. The Labute approximate surface area is 117 Å². The van der Waals surface area contributed by atoms with Crippen LogP contribution in [0.25, 0.3) is 10.2 Å². The number of fused-ring (bicyclic) bond motifs is 1. The molecule has 6 heteroatoms. The maximum atomic E-state index is 11.9. The molecule has 0 aliphatic carbocycles. The molecule has 0 radical (unpaired) electrons. The monoisotopic (exact) mass is 290 g/mol. The quantitative estimate of drug-likeness (QED) is 0.801. The molecule has 96 valence electrons. The van der Waals surface area contributed by atoms with Crippen LogP contribution in [0.2, 0.25) is 0 Å². The molecule has 19 heavy (non-hydrogen) atoms. The van der Waals surface area contributed by atoms with Gasteiger partial charge in [0.25, 0.3) is 5.91 Å². The van der Waals surface area contributed by atoms with Gasteiger partial charge in [-0.15, -0.1) is 0 Å². The molecule has 0 spiro atoms. The van der Waals surface area contributed by atoms with Gasteiger partial charge in [0.1, 0.15) is 11.3 Å². The van der Waals surface area contributed by atoms with Crippen molar-refractivity contribution in [3.8, 4) is 5.75 Å². The first kappa shape index (κ1) is 12.1. The fourth-order valence-corrected chi connectivity index (χ4v) is 3.22. The molecule has 2 heterocycles. The third-order valence-corrected chi connectivity index (χ3v) is 4.22. The van der Waals surface area contributed by atoms with Crippen LogP contribution in [-0.2, 0) is 0 Å². The van der Waals surface area contributed by atoms with E-state index in [0.29, 0.717) is 16.4 Å². The SMILES string of the molecule is COc1cccc2sc(NC(=O)c3ccsc3)nc12. The number of rotatable bonds is 3. The van der Waals surface area contributed by atoms with Gasteiger partial charge in [-0.3, -0.25) is 10.1 Å². The van der Waals surface area contributed by atoms with Crippen molar-refractivity contribution in [3.63, 3.8) is 0 Å². The predicted octanol–water partition coefficient (Wildman–Crippen LogP) is 3.62. The number of ether oxygens (including phenoxy) is 1. The molecule has 0 aliphatic rings. The molecule has 4 nitrogen and oxygen atoms in total. The van der Waals surface area contributed by atoms with E-state index in [0.717, 1.165) is 10.2 Å². The maximum absolute atomic E-state index is 11.9. The molecule has 0 fully saturated rings. The Bertz CT molecular complexity index is 719. The number of nitrogens with one attached hydrogen (secondary N) is 1. The van der Waals surface area contributed by atoms with Gasteiger partial charge in [-0.25, -0.2) is 4.98 Å². The van der Waals surface area contributed by atoms with Crippen LogP contribution < -0.4 is 10.1 Å². The highest BCUT2D eigenvalue weighted by Crippen LogP contribution is 2.32. The van der Waals surface area contributed by atoms with Gasteiger partial charge in [-0.1, -0.05) is 17.4 Å². The van der Waals surface area contributed by atoms with Crippen LogP contribution in [-0.4, -0.2) is 18.0 Å². The minimum absolute atomic E-state index is 0.140. The molecule has 0 saturated carbocycles. The van der Waals surface area contributed by atoms with Gasteiger partial charge in [0, 0.05) is 5.38 Å². The number of hydrogen-bond donors (Lipinski definition) is 1. The van der Waals surface area contributed by atoms with Crippen molar-refractivity contribution in [3.05, 3.63) is 40.6 Å². The molecule has 2 aromatic heterocycles. The fraction of sp³-hybridized carbons (Fsp3) is 0.0769. The Morgan fingerprint density at radius 1 is 1.37 bits per heavy atom. The van der Waals surface area contributed by atoms with E-state index in [1.165, 1.54) is 22.7 Å². The van der Waals surface area contributed by atoms with Gasteiger partial charge in [0.05, 0.1) is 17.4 Å². The maximum Gasteiger partial charge on any atom is 0.258 e. The first-order valence-electron chi connectivity index (χ1n) is 5.55. The number of aromatic nitrogens is 1. The molecule has 1 amide bonds. The Balaban J connectivity index is 1.92. The normalized spacial score (nSPS) is 10.6. The molecular weight excluding hydrogens is 280 g/mol. The van der Waals surface area contributed by atoms with Gasteiger partial charge < -0.3 is 4.74 Å². The van der Waals surface area contributed by atoms with Crippen LogP contribution in [0.3, 0.4) is 0 Å². The second kappa shape index (κ2) is 4.99. The third-order valence-electron chi connectivity index (χ3n) is 2.61. The van der Waals surface area contributed by atoms with E-state index in [-0.39, 0.29) is 5.91 Å². The van der Waals surface area contributed by atoms with E-state index >= 15 is 0 Å². The second-order valence-electron chi connectivity index (χ2n) is 3.79. The average Bonchev–Trinajstić information content (AvgIpc) is 3.06. The summed E-state index contributed by atoms with van der Waals surface area (Å²) >= 11 is 2.92. The zero-order valence-corrected chi connectivity index (χ0v) is 11.7.